The number of carbonyl (C=O) groups is 1. The van der Waals surface area contributed by atoms with Gasteiger partial charge in [-0.15, -0.1) is 0 Å². The highest BCUT2D eigenvalue weighted by Crippen LogP contribution is 2.35. The third-order valence-corrected chi connectivity index (χ3v) is 6.01. The molecule has 1 aromatic carbocycles. The molecular formula is C18H24N2O4S. The van der Waals surface area contributed by atoms with Gasteiger partial charge in [-0.1, -0.05) is 20.8 Å². The molecule has 0 N–H and O–H groups in total. The first-order valence-corrected chi connectivity index (χ1v) is 10.1. The number of sulfone groups is 1. The molecule has 25 heavy (non-hydrogen) atoms. The maximum atomic E-state index is 12.4. The molecule has 0 unspecified atom stereocenters. The maximum Gasteiger partial charge on any atom is 0.321 e. The van der Waals surface area contributed by atoms with E-state index in [9.17, 15) is 13.2 Å². The van der Waals surface area contributed by atoms with Gasteiger partial charge in [-0.2, -0.15) is 0 Å². The van der Waals surface area contributed by atoms with E-state index >= 15 is 0 Å². The summed E-state index contributed by atoms with van der Waals surface area (Å²) in [5.41, 5.74) is 1.45. The molecular weight excluding hydrogens is 340 g/mol. The number of hydrogen-bond acceptors (Lipinski definition) is 5. The van der Waals surface area contributed by atoms with Crippen molar-refractivity contribution < 1.29 is 17.9 Å². The van der Waals surface area contributed by atoms with E-state index in [2.05, 4.69) is 30.1 Å². The lowest BCUT2D eigenvalue weighted by Gasteiger charge is -2.20. The lowest BCUT2D eigenvalue weighted by Crippen LogP contribution is -2.19. The first-order valence-electron chi connectivity index (χ1n) is 8.42. The summed E-state index contributed by atoms with van der Waals surface area (Å²) in [7, 11) is -2.56. The van der Waals surface area contributed by atoms with Gasteiger partial charge < -0.3 is 9.30 Å². The van der Waals surface area contributed by atoms with Gasteiger partial charge in [0.05, 0.1) is 23.0 Å². The van der Waals surface area contributed by atoms with E-state index in [0.29, 0.717) is 11.4 Å². The van der Waals surface area contributed by atoms with Gasteiger partial charge in [0.2, 0.25) is 0 Å². The highest BCUT2D eigenvalue weighted by Gasteiger charge is 2.29. The predicted molar refractivity (Wildman–Crippen MR) is 95.2 cm³/mol. The number of hydrogen-bond donors (Lipinski definition) is 0. The molecule has 2 aromatic rings. The van der Waals surface area contributed by atoms with Crippen LogP contribution in [0.1, 0.15) is 39.4 Å². The molecule has 3 rings (SSSR count). The molecule has 0 bridgehead atoms. The van der Waals surface area contributed by atoms with Crippen LogP contribution in [0.4, 0.5) is 0 Å². The topological polar surface area (TPSA) is 78.3 Å². The van der Waals surface area contributed by atoms with Crippen LogP contribution in [0.3, 0.4) is 0 Å². The van der Waals surface area contributed by atoms with Crippen molar-refractivity contribution in [1.82, 2.24) is 9.55 Å². The Kier molecular flexibility index (Phi) is 4.39. The number of imidazole rings is 1. The van der Waals surface area contributed by atoms with Crippen molar-refractivity contribution in [2.45, 2.75) is 50.5 Å². The van der Waals surface area contributed by atoms with Gasteiger partial charge >= 0.3 is 5.97 Å². The number of rotatable bonds is 5. The number of benzene rings is 1. The first kappa shape index (κ1) is 17.9. The van der Waals surface area contributed by atoms with E-state index in [-0.39, 0.29) is 10.3 Å². The Balaban J connectivity index is 2.07. The number of nitrogens with zero attached hydrogens (tertiary/aromatic N) is 2. The predicted octanol–water partition coefficient (Wildman–Crippen LogP) is 2.69. The Morgan fingerprint density at radius 2 is 2.00 bits per heavy atom. The molecule has 136 valence electrons. The number of esters is 1. The summed E-state index contributed by atoms with van der Waals surface area (Å²) in [6, 6.07) is 4.91. The van der Waals surface area contributed by atoms with Gasteiger partial charge in [0.25, 0.3) is 0 Å². The van der Waals surface area contributed by atoms with Crippen LogP contribution in [0.15, 0.2) is 23.1 Å². The summed E-state index contributed by atoms with van der Waals surface area (Å²) < 4.78 is 31.5. The monoisotopic (exact) mass is 364 g/mol. The molecule has 0 amide bonds. The Morgan fingerprint density at radius 1 is 1.32 bits per heavy atom. The Hall–Kier alpha value is -1.89. The fourth-order valence-corrected chi connectivity index (χ4v) is 4.08. The van der Waals surface area contributed by atoms with Crippen molar-refractivity contribution in [3.8, 4) is 0 Å². The fourth-order valence-electron chi connectivity index (χ4n) is 2.92. The van der Waals surface area contributed by atoms with Crippen LogP contribution in [0.2, 0.25) is 0 Å². The standard InChI is InChI=1S/C18H24N2O4S/c1-18(2,3)17-19-14-9-13(25(22,23)11-16(21)24-4)7-8-15(14)20(17)10-12-5-6-12/h7-9,12H,5-6,10-11H2,1-4H3. The molecule has 1 fully saturated rings. The average Bonchev–Trinajstić information content (AvgIpc) is 3.25. The fraction of sp³-hybridized carbons (Fsp3) is 0.556. The number of ether oxygens (including phenoxy) is 1. The van der Waals surface area contributed by atoms with Crippen LogP contribution in [0, 0.1) is 5.92 Å². The summed E-state index contributed by atoms with van der Waals surface area (Å²) in [5.74, 6) is 0.206. The summed E-state index contributed by atoms with van der Waals surface area (Å²) in [6.07, 6.45) is 2.46. The summed E-state index contributed by atoms with van der Waals surface area (Å²) in [5, 5.41) is 0. The van der Waals surface area contributed by atoms with E-state index in [0.717, 1.165) is 17.9 Å². The highest BCUT2D eigenvalue weighted by atomic mass is 32.2. The minimum absolute atomic E-state index is 0.0990. The second-order valence-corrected chi connectivity index (χ2v) is 9.71. The molecule has 1 saturated carbocycles. The van der Waals surface area contributed by atoms with Crippen LogP contribution >= 0.6 is 0 Å². The lowest BCUT2D eigenvalue weighted by atomic mass is 9.95. The van der Waals surface area contributed by atoms with Crippen molar-refractivity contribution >= 4 is 26.8 Å². The van der Waals surface area contributed by atoms with Gasteiger partial charge in [-0.25, -0.2) is 13.4 Å². The minimum atomic E-state index is -3.74. The molecule has 6 nitrogen and oxygen atoms in total. The van der Waals surface area contributed by atoms with E-state index in [1.54, 1.807) is 18.2 Å². The van der Waals surface area contributed by atoms with Crippen LogP contribution in [-0.2, 0) is 31.3 Å². The molecule has 0 spiro atoms. The summed E-state index contributed by atoms with van der Waals surface area (Å²) >= 11 is 0. The van der Waals surface area contributed by atoms with Crippen molar-refractivity contribution in [1.29, 1.82) is 0 Å². The average molecular weight is 364 g/mol. The Labute approximate surface area is 148 Å². The third-order valence-electron chi connectivity index (χ3n) is 4.42. The highest BCUT2D eigenvalue weighted by molar-refractivity contribution is 7.92. The maximum absolute atomic E-state index is 12.4. The van der Waals surface area contributed by atoms with Crippen molar-refractivity contribution in [2.24, 2.45) is 5.92 Å². The summed E-state index contributed by atoms with van der Waals surface area (Å²) in [6.45, 7) is 7.23. The van der Waals surface area contributed by atoms with Crippen molar-refractivity contribution in [3.05, 3.63) is 24.0 Å². The number of fused-ring (bicyclic) bond motifs is 1. The number of methoxy groups -OCH3 is 1. The molecule has 0 aliphatic heterocycles. The van der Waals surface area contributed by atoms with Gasteiger partial charge in [-0.3, -0.25) is 4.79 Å². The molecule has 7 heteroatoms. The zero-order valence-corrected chi connectivity index (χ0v) is 15.9. The third kappa shape index (κ3) is 3.71. The molecule has 1 aliphatic carbocycles. The van der Waals surface area contributed by atoms with E-state index in [4.69, 9.17) is 4.98 Å². The molecule has 1 aromatic heterocycles. The lowest BCUT2D eigenvalue weighted by molar-refractivity contribution is -0.137. The number of carbonyl (C=O) groups excluding carboxylic acids is 1. The van der Waals surface area contributed by atoms with Gasteiger partial charge in [-0.05, 0) is 37.0 Å². The Bertz CT molecular complexity index is 918. The van der Waals surface area contributed by atoms with Crippen molar-refractivity contribution in [3.63, 3.8) is 0 Å². The Morgan fingerprint density at radius 3 is 2.56 bits per heavy atom. The second kappa shape index (κ2) is 6.12. The molecule has 0 radical (unpaired) electrons. The number of aromatic nitrogens is 2. The zero-order valence-electron chi connectivity index (χ0n) is 15.1. The smallest absolute Gasteiger partial charge is 0.321 e. The van der Waals surface area contributed by atoms with Gasteiger partial charge in [0.1, 0.15) is 5.82 Å². The minimum Gasteiger partial charge on any atom is -0.468 e. The molecule has 0 saturated heterocycles. The van der Waals surface area contributed by atoms with E-state index in [1.807, 2.05) is 0 Å². The second-order valence-electron chi connectivity index (χ2n) is 7.73. The molecule has 1 aliphatic rings. The quantitative estimate of drug-likeness (QED) is 0.762. The van der Waals surface area contributed by atoms with E-state index < -0.39 is 21.6 Å². The van der Waals surface area contributed by atoms with Crippen LogP contribution < -0.4 is 0 Å². The van der Waals surface area contributed by atoms with Gasteiger partial charge in [0, 0.05) is 12.0 Å². The van der Waals surface area contributed by atoms with E-state index in [1.165, 1.54) is 20.0 Å². The first-order chi connectivity index (χ1) is 11.6. The normalized spacial score (nSPS) is 15.5. The SMILES string of the molecule is COC(=O)CS(=O)(=O)c1ccc2c(c1)nc(C(C)(C)C)n2CC1CC1. The van der Waals surface area contributed by atoms with Crippen LogP contribution in [-0.4, -0.2) is 36.8 Å². The largest absolute Gasteiger partial charge is 0.468 e. The zero-order chi connectivity index (χ0) is 18.4. The van der Waals surface area contributed by atoms with Crippen molar-refractivity contribution in [2.75, 3.05) is 12.9 Å². The van der Waals surface area contributed by atoms with Gasteiger partial charge in [0.15, 0.2) is 15.6 Å². The van der Waals surface area contributed by atoms with Crippen LogP contribution in [0.25, 0.3) is 11.0 Å². The molecule has 1 heterocycles. The molecule has 0 atom stereocenters. The summed E-state index contributed by atoms with van der Waals surface area (Å²) in [4.78, 5) is 16.2. The van der Waals surface area contributed by atoms with Crippen LogP contribution in [0.5, 0.6) is 0 Å².